The Balaban J connectivity index is 2.55. The Bertz CT molecular complexity index is 578. The summed E-state index contributed by atoms with van der Waals surface area (Å²) in [6.07, 6.45) is 1.56. The first kappa shape index (κ1) is 10.7. The van der Waals surface area contributed by atoms with Gasteiger partial charge < -0.3 is 0 Å². The van der Waals surface area contributed by atoms with Crippen molar-refractivity contribution in [3.8, 4) is 11.8 Å². The predicted octanol–water partition coefficient (Wildman–Crippen LogP) is 3.01. The molecule has 0 N–H and O–H groups in total. The van der Waals surface area contributed by atoms with E-state index >= 15 is 0 Å². The van der Waals surface area contributed by atoms with Crippen LogP contribution in [0.15, 0.2) is 24.4 Å². The topological polar surface area (TPSA) is 41.6 Å². The van der Waals surface area contributed by atoms with Crippen LogP contribution in [0.4, 0.5) is 0 Å². The van der Waals surface area contributed by atoms with Gasteiger partial charge in [0.2, 0.25) is 0 Å². The minimum Gasteiger partial charge on any atom is -0.237 e. The summed E-state index contributed by atoms with van der Waals surface area (Å²) in [5, 5.41) is 13.7. The molecule has 0 fully saturated rings. The van der Waals surface area contributed by atoms with E-state index in [2.05, 4.69) is 11.2 Å². The normalized spacial score (nSPS) is 10.1. The van der Waals surface area contributed by atoms with E-state index in [0.717, 1.165) is 16.9 Å². The van der Waals surface area contributed by atoms with Gasteiger partial charge in [-0.2, -0.15) is 10.4 Å². The second-order valence-electron chi connectivity index (χ2n) is 3.60. The molecule has 1 aromatic carbocycles. The molecule has 0 unspecified atom stereocenters. The Hall–Kier alpha value is -1.79. The molecule has 2 aromatic rings. The van der Waals surface area contributed by atoms with Crippen LogP contribution in [0.25, 0.3) is 5.69 Å². The van der Waals surface area contributed by atoms with Gasteiger partial charge in [-0.15, -0.1) is 0 Å². The Morgan fingerprint density at radius 2 is 2.12 bits per heavy atom. The molecule has 0 aliphatic rings. The van der Waals surface area contributed by atoms with Crippen LogP contribution in [0.1, 0.15) is 16.8 Å². The second kappa shape index (κ2) is 3.99. The zero-order valence-corrected chi connectivity index (χ0v) is 9.78. The molecule has 0 aliphatic heterocycles. The van der Waals surface area contributed by atoms with Crippen molar-refractivity contribution < 1.29 is 0 Å². The molecule has 1 heterocycles. The van der Waals surface area contributed by atoms with E-state index in [0.29, 0.717) is 10.6 Å². The molecule has 0 atom stereocenters. The molecule has 2 rings (SSSR count). The molecule has 16 heavy (non-hydrogen) atoms. The number of hydrogen-bond donors (Lipinski definition) is 0. The number of aromatic nitrogens is 2. The molecular weight excluding hydrogens is 222 g/mol. The van der Waals surface area contributed by atoms with E-state index in [1.165, 1.54) is 0 Å². The van der Waals surface area contributed by atoms with E-state index in [1.54, 1.807) is 10.9 Å². The number of rotatable bonds is 1. The van der Waals surface area contributed by atoms with E-state index < -0.39 is 0 Å². The van der Waals surface area contributed by atoms with Crippen molar-refractivity contribution >= 4 is 11.6 Å². The molecule has 0 radical (unpaired) electrons. The van der Waals surface area contributed by atoms with Gasteiger partial charge >= 0.3 is 0 Å². The molecule has 0 spiro atoms. The highest BCUT2D eigenvalue weighted by Gasteiger charge is 2.08. The fraction of sp³-hybridized carbons (Fsp3) is 0.167. The molecule has 0 saturated carbocycles. The van der Waals surface area contributed by atoms with Gasteiger partial charge in [0, 0.05) is 5.02 Å². The summed E-state index contributed by atoms with van der Waals surface area (Å²) in [6, 6.07) is 7.81. The van der Waals surface area contributed by atoms with Crippen molar-refractivity contribution in [1.82, 2.24) is 9.78 Å². The SMILES string of the molecule is Cc1ccc(-n2ncc(C#N)c2C)cc1Cl. The van der Waals surface area contributed by atoms with E-state index in [9.17, 15) is 0 Å². The van der Waals surface area contributed by atoms with Gasteiger partial charge in [0.25, 0.3) is 0 Å². The number of nitrogens with zero attached hydrogens (tertiary/aromatic N) is 3. The third kappa shape index (κ3) is 1.68. The van der Waals surface area contributed by atoms with Gasteiger partial charge in [-0.25, -0.2) is 4.68 Å². The molecule has 0 saturated heterocycles. The first-order valence-electron chi connectivity index (χ1n) is 4.84. The summed E-state index contributed by atoms with van der Waals surface area (Å²) in [4.78, 5) is 0. The quantitative estimate of drug-likeness (QED) is 0.757. The lowest BCUT2D eigenvalue weighted by Gasteiger charge is -2.06. The molecule has 1 aromatic heterocycles. The third-order valence-corrected chi connectivity index (χ3v) is 2.94. The summed E-state index contributed by atoms with van der Waals surface area (Å²) in [7, 11) is 0. The highest BCUT2D eigenvalue weighted by atomic mass is 35.5. The first-order chi connectivity index (χ1) is 7.63. The predicted molar refractivity (Wildman–Crippen MR) is 62.8 cm³/mol. The average Bonchev–Trinajstić information content (AvgIpc) is 2.64. The first-order valence-corrected chi connectivity index (χ1v) is 5.22. The van der Waals surface area contributed by atoms with Crippen LogP contribution in [0.3, 0.4) is 0 Å². The van der Waals surface area contributed by atoms with Gasteiger partial charge in [-0.1, -0.05) is 17.7 Å². The maximum atomic E-state index is 8.85. The fourth-order valence-electron chi connectivity index (χ4n) is 1.49. The second-order valence-corrected chi connectivity index (χ2v) is 4.01. The van der Waals surface area contributed by atoms with Crippen molar-refractivity contribution in [2.24, 2.45) is 0 Å². The number of halogens is 1. The van der Waals surface area contributed by atoms with Gasteiger partial charge in [0.15, 0.2) is 0 Å². The van der Waals surface area contributed by atoms with E-state index in [4.69, 9.17) is 16.9 Å². The minimum atomic E-state index is 0.580. The van der Waals surface area contributed by atoms with E-state index in [1.807, 2.05) is 32.0 Å². The monoisotopic (exact) mass is 231 g/mol. The highest BCUT2D eigenvalue weighted by Crippen LogP contribution is 2.20. The van der Waals surface area contributed by atoms with Crippen molar-refractivity contribution in [2.75, 3.05) is 0 Å². The van der Waals surface area contributed by atoms with Crippen molar-refractivity contribution in [3.05, 3.63) is 46.2 Å². The largest absolute Gasteiger partial charge is 0.237 e. The zero-order valence-electron chi connectivity index (χ0n) is 9.03. The van der Waals surface area contributed by atoms with Crippen LogP contribution in [-0.2, 0) is 0 Å². The summed E-state index contributed by atoms with van der Waals surface area (Å²) in [5.41, 5.74) is 3.30. The summed E-state index contributed by atoms with van der Waals surface area (Å²) >= 11 is 6.05. The average molecular weight is 232 g/mol. The van der Waals surface area contributed by atoms with Crippen LogP contribution in [0.2, 0.25) is 5.02 Å². The lowest BCUT2D eigenvalue weighted by Crippen LogP contribution is -1.99. The molecule has 0 amide bonds. The van der Waals surface area contributed by atoms with Crippen LogP contribution in [-0.4, -0.2) is 9.78 Å². The zero-order chi connectivity index (χ0) is 11.7. The number of benzene rings is 1. The minimum absolute atomic E-state index is 0.580. The van der Waals surface area contributed by atoms with Gasteiger partial charge in [-0.3, -0.25) is 0 Å². The standard InChI is InChI=1S/C12H10ClN3/c1-8-3-4-11(5-12(8)13)16-9(2)10(6-14)7-15-16/h3-5,7H,1-2H3. The van der Waals surface area contributed by atoms with Crippen LogP contribution < -0.4 is 0 Å². The lowest BCUT2D eigenvalue weighted by molar-refractivity contribution is 0.846. The maximum absolute atomic E-state index is 8.85. The third-order valence-electron chi connectivity index (χ3n) is 2.53. The van der Waals surface area contributed by atoms with Crippen LogP contribution in [0.5, 0.6) is 0 Å². The lowest BCUT2D eigenvalue weighted by atomic mass is 10.2. The Morgan fingerprint density at radius 3 is 2.69 bits per heavy atom. The molecule has 0 aliphatic carbocycles. The molecule has 80 valence electrons. The Kier molecular flexibility index (Phi) is 2.67. The van der Waals surface area contributed by atoms with Crippen molar-refractivity contribution in [2.45, 2.75) is 13.8 Å². The number of aryl methyl sites for hydroxylation is 1. The van der Waals surface area contributed by atoms with Crippen LogP contribution >= 0.6 is 11.6 Å². The van der Waals surface area contributed by atoms with Crippen molar-refractivity contribution in [3.63, 3.8) is 0 Å². The van der Waals surface area contributed by atoms with Gasteiger partial charge in [0.05, 0.1) is 23.1 Å². The van der Waals surface area contributed by atoms with E-state index in [-0.39, 0.29) is 0 Å². The summed E-state index contributed by atoms with van der Waals surface area (Å²) in [6.45, 7) is 3.81. The fourth-order valence-corrected chi connectivity index (χ4v) is 1.67. The van der Waals surface area contributed by atoms with Crippen LogP contribution in [0, 0.1) is 25.2 Å². The molecule has 3 nitrogen and oxygen atoms in total. The number of hydrogen-bond acceptors (Lipinski definition) is 2. The molecule has 4 heteroatoms. The smallest absolute Gasteiger partial charge is 0.103 e. The molecular formula is C12H10ClN3. The maximum Gasteiger partial charge on any atom is 0.103 e. The summed E-state index contributed by atoms with van der Waals surface area (Å²) < 4.78 is 1.71. The Labute approximate surface area is 98.9 Å². The molecule has 0 bridgehead atoms. The van der Waals surface area contributed by atoms with Gasteiger partial charge in [0.1, 0.15) is 6.07 Å². The number of nitriles is 1. The Morgan fingerprint density at radius 1 is 1.38 bits per heavy atom. The summed E-state index contributed by atoms with van der Waals surface area (Å²) in [5.74, 6) is 0. The van der Waals surface area contributed by atoms with Gasteiger partial charge in [-0.05, 0) is 31.5 Å². The van der Waals surface area contributed by atoms with Crippen molar-refractivity contribution in [1.29, 1.82) is 5.26 Å². The highest BCUT2D eigenvalue weighted by molar-refractivity contribution is 6.31.